The summed E-state index contributed by atoms with van der Waals surface area (Å²) in [6, 6.07) is 22.4. The maximum Gasteiger partial charge on any atom is 0.163 e. The Hall–Kier alpha value is -3.81. The predicted molar refractivity (Wildman–Crippen MR) is 163 cm³/mol. The zero-order valence-corrected chi connectivity index (χ0v) is 24.4. The van der Waals surface area contributed by atoms with Crippen molar-refractivity contribution in [2.24, 2.45) is 0 Å². The van der Waals surface area contributed by atoms with Crippen LogP contribution in [-0.4, -0.2) is 54.4 Å². The highest BCUT2D eigenvalue weighted by Gasteiger charge is 2.15. The van der Waals surface area contributed by atoms with E-state index in [9.17, 15) is 5.11 Å². The summed E-state index contributed by atoms with van der Waals surface area (Å²) >= 11 is 0. The molecule has 7 heteroatoms. The first kappa shape index (κ1) is 29.2. The molecule has 0 unspecified atom stereocenters. The maximum atomic E-state index is 9.31. The number of benzene rings is 3. The number of methoxy groups -OCH3 is 1. The van der Waals surface area contributed by atoms with Gasteiger partial charge in [0.25, 0.3) is 0 Å². The van der Waals surface area contributed by atoms with Gasteiger partial charge in [-0.05, 0) is 73.4 Å². The summed E-state index contributed by atoms with van der Waals surface area (Å²) in [6.45, 7) is 12.7. The number of fused-ring (bicyclic) bond motifs is 1. The van der Waals surface area contributed by atoms with Gasteiger partial charge in [-0.2, -0.15) is 0 Å². The van der Waals surface area contributed by atoms with Crippen LogP contribution >= 0.6 is 0 Å². The lowest BCUT2D eigenvalue weighted by Gasteiger charge is -2.25. The molecule has 4 rings (SSSR count). The van der Waals surface area contributed by atoms with Gasteiger partial charge >= 0.3 is 0 Å². The van der Waals surface area contributed by atoms with Crippen molar-refractivity contribution in [3.8, 4) is 23.0 Å². The van der Waals surface area contributed by atoms with Crippen LogP contribution in [0.4, 0.5) is 11.4 Å². The molecule has 3 aromatic carbocycles. The predicted octanol–water partition coefficient (Wildman–Crippen LogP) is 7.16. The van der Waals surface area contributed by atoms with Crippen molar-refractivity contribution in [1.82, 2.24) is 9.88 Å². The summed E-state index contributed by atoms with van der Waals surface area (Å²) in [6.07, 6.45) is 1.73. The Balaban J connectivity index is 1.45. The van der Waals surface area contributed by atoms with E-state index in [4.69, 9.17) is 14.2 Å². The number of pyridine rings is 1. The first-order valence-corrected chi connectivity index (χ1v) is 13.8. The zero-order chi connectivity index (χ0) is 28.7. The van der Waals surface area contributed by atoms with E-state index < -0.39 is 0 Å². The van der Waals surface area contributed by atoms with Gasteiger partial charge in [0.2, 0.25) is 0 Å². The van der Waals surface area contributed by atoms with Crippen LogP contribution in [-0.2, 0) is 5.41 Å². The Kier molecular flexibility index (Phi) is 9.50. The third-order valence-electron chi connectivity index (χ3n) is 6.86. The van der Waals surface area contributed by atoms with Crippen molar-refractivity contribution in [3.05, 3.63) is 78.5 Å². The van der Waals surface area contributed by atoms with Gasteiger partial charge in [-0.15, -0.1) is 0 Å². The minimum atomic E-state index is 0.120. The van der Waals surface area contributed by atoms with E-state index in [-0.39, 0.29) is 12.0 Å². The highest BCUT2D eigenvalue weighted by Crippen LogP contribution is 2.37. The molecule has 0 fully saturated rings. The number of hydrogen-bond donors (Lipinski definition) is 2. The second-order valence-electron chi connectivity index (χ2n) is 11.1. The van der Waals surface area contributed by atoms with Crippen molar-refractivity contribution in [2.75, 3.05) is 38.7 Å². The molecule has 0 bridgehead atoms. The van der Waals surface area contributed by atoms with E-state index in [1.807, 2.05) is 42.5 Å². The summed E-state index contributed by atoms with van der Waals surface area (Å²) in [5.74, 6) is 2.64. The van der Waals surface area contributed by atoms with Crippen LogP contribution in [0.1, 0.15) is 40.2 Å². The number of aromatic nitrogens is 1. The summed E-state index contributed by atoms with van der Waals surface area (Å²) < 4.78 is 18.0. The lowest BCUT2D eigenvalue weighted by Crippen LogP contribution is -2.36. The summed E-state index contributed by atoms with van der Waals surface area (Å²) in [7, 11) is 1.62. The van der Waals surface area contributed by atoms with Crippen LogP contribution in [0.25, 0.3) is 10.9 Å². The third kappa shape index (κ3) is 7.43. The molecule has 0 aliphatic heterocycles. The normalized spacial score (nSPS) is 11.7. The van der Waals surface area contributed by atoms with Gasteiger partial charge in [0.1, 0.15) is 18.1 Å². The molecule has 0 saturated heterocycles. The maximum absolute atomic E-state index is 9.31. The van der Waals surface area contributed by atoms with E-state index >= 15 is 0 Å². The van der Waals surface area contributed by atoms with Crippen molar-refractivity contribution in [3.63, 3.8) is 0 Å². The van der Waals surface area contributed by atoms with Crippen molar-refractivity contribution in [2.45, 2.75) is 46.1 Å². The molecule has 40 heavy (non-hydrogen) atoms. The minimum Gasteiger partial charge on any atom is -0.493 e. The second-order valence-corrected chi connectivity index (χ2v) is 11.1. The Morgan fingerprint density at radius 2 is 1.55 bits per heavy atom. The number of anilines is 2. The first-order chi connectivity index (χ1) is 19.2. The fourth-order valence-electron chi connectivity index (χ4n) is 4.47. The summed E-state index contributed by atoms with van der Waals surface area (Å²) in [4.78, 5) is 6.70. The fraction of sp³-hybridized carbons (Fsp3) is 0.364. The molecule has 0 aliphatic carbocycles. The van der Waals surface area contributed by atoms with E-state index in [0.717, 1.165) is 28.0 Å². The molecule has 0 atom stereocenters. The van der Waals surface area contributed by atoms with E-state index in [0.29, 0.717) is 43.0 Å². The molecular weight excluding hydrogens is 502 g/mol. The molecule has 0 amide bonds. The van der Waals surface area contributed by atoms with Gasteiger partial charge in [0.05, 0.1) is 19.2 Å². The number of aliphatic hydroxyl groups excluding tert-OH is 1. The average Bonchev–Trinajstić information content (AvgIpc) is 2.93. The molecule has 7 nitrogen and oxygen atoms in total. The summed E-state index contributed by atoms with van der Waals surface area (Å²) in [5, 5.41) is 13.6. The molecule has 1 aromatic heterocycles. The van der Waals surface area contributed by atoms with E-state index in [1.165, 1.54) is 5.56 Å². The average molecular weight is 544 g/mol. The Morgan fingerprint density at radius 3 is 2.15 bits per heavy atom. The van der Waals surface area contributed by atoms with Crippen molar-refractivity contribution in [1.29, 1.82) is 0 Å². The Labute approximate surface area is 237 Å². The van der Waals surface area contributed by atoms with Crippen LogP contribution in [0.5, 0.6) is 23.0 Å². The largest absolute Gasteiger partial charge is 0.493 e. The minimum absolute atomic E-state index is 0.120. The quantitative estimate of drug-likeness (QED) is 0.196. The number of rotatable bonds is 12. The van der Waals surface area contributed by atoms with Crippen LogP contribution < -0.4 is 19.5 Å². The highest BCUT2D eigenvalue weighted by molar-refractivity contribution is 5.88. The van der Waals surface area contributed by atoms with Crippen LogP contribution in [0, 0.1) is 0 Å². The first-order valence-electron chi connectivity index (χ1n) is 13.8. The van der Waals surface area contributed by atoms with Crippen molar-refractivity contribution < 1.29 is 19.3 Å². The van der Waals surface area contributed by atoms with Crippen LogP contribution in [0.15, 0.2) is 72.9 Å². The van der Waals surface area contributed by atoms with Crippen LogP contribution in [0.2, 0.25) is 0 Å². The molecule has 0 radical (unpaired) electrons. The topological polar surface area (TPSA) is 76.1 Å². The molecule has 4 aromatic rings. The summed E-state index contributed by atoms with van der Waals surface area (Å²) in [5.41, 5.74) is 4.20. The van der Waals surface area contributed by atoms with Gasteiger partial charge in [0, 0.05) is 48.2 Å². The molecule has 1 heterocycles. The molecule has 212 valence electrons. The SMILES string of the molecule is COc1cc2c(Oc3ccc(Nc4ccc(C(C)(C)C)cc4)cc3)ccnc2cc1OCCN(CCO)C(C)C. The number of nitrogens with zero attached hydrogens (tertiary/aromatic N) is 2. The number of aliphatic hydroxyl groups is 1. The molecular formula is C33H41N3O4. The monoisotopic (exact) mass is 543 g/mol. The number of ether oxygens (including phenoxy) is 3. The highest BCUT2D eigenvalue weighted by atomic mass is 16.5. The Bertz CT molecular complexity index is 1380. The Morgan fingerprint density at radius 1 is 0.875 bits per heavy atom. The molecule has 0 saturated carbocycles. The molecule has 2 N–H and O–H groups in total. The van der Waals surface area contributed by atoms with Gasteiger partial charge in [0.15, 0.2) is 11.5 Å². The fourth-order valence-corrected chi connectivity index (χ4v) is 4.47. The van der Waals surface area contributed by atoms with Crippen molar-refractivity contribution >= 4 is 22.3 Å². The third-order valence-corrected chi connectivity index (χ3v) is 6.86. The lowest BCUT2D eigenvalue weighted by atomic mass is 9.87. The smallest absolute Gasteiger partial charge is 0.163 e. The lowest BCUT2D eigenvalue weighted by molar-refractivity contribution is 0.140. The van der Waals surface area contributed by atoms with Crippen LogP contribution in [0.3, 0.4) is 0 Å². The second kappa shape index (κ2) is 13.0. The van der Waals surface area contributed by atoms with Gasteiger partial charge in [-0.25, -0.2) is 0 Å². The van der Waals surface area contributed by atoms with E-state index in [1.54, 1.807) is 13.3 Å². The number of hydrogen-bond acceptors (Lipinski definition) is 7. The standard InChI is InChI=1S/C33H41N3O4/c1-23(2)36(17-19-37)18-20-39-32-22-29-28(21-31(32)38-6)30(15-16-34-29)40-27-13-11-26(12-14-27)35-25-9-7-24(8-10-25)33(3,4)5/h7-16,21-23,35,37H,17-20H2,1-6H3. The van der Waals surface area contributed by atoms with E-state index in [2.05, 4.69) is 74.1 Å². The zero-order valence-electron chi connectivity index (χ0n) is 24.4. The molecule has 0 aliphatic rings. The van der Waals surface area contributed by atoms with Gasteiger partial charge in [-0.1, -0.05) is 32.9 Å². The van der Waals surface area contributed by atoms with Gasteiger partial charge < -0.3 is 24.6 Å². The number of nitrogens with one attached hydrogen (secondary N) is 1. The van der Waals surface area contributed by atoms with Gasteiger partial charge in [-0.3, -0.25) is 9.88 Å². The molecule has 0 spiro atoms.